The van der Waals surface area contributed by atoms with Crippen LogP contribution in [-0.2, 0) is 4.74 Å². The molecule has 1 fully saturated rings. The second-order valence-electron chi connectivity index (χ2n) is 4.38. The van der Waals surface area contributed by atoms with Crippen LogP contribution in [0.15, 0.2) is 0 Å². The Kier molecular flexibility index (Phi) is 3.74. The van der Waals surface area contributed by atoms with Crippen molar-refractivity contribution in [1.29, 1.82) is 0 Å². The molecule has 1 heterocycles. The van der Waals surface area contributed by atoms with E-state index in [4.69, 9.17) is 4.74 Å². The van der Waals surface area contributed by atoms with Gasteiger partial charge in [0.1, 0.15) is 0 Å². The molecule has 0 aromatic rings. The molecule has 2 unspecified atom stereocenters. The molecule has 78 valence electrons. The van der Waals surface area contributed by atoms with Crippen molar-refractivity contribution in [2.75, 3.05) is 6.61 Å². The first-order valence-corrected chi connectivity index (χ1v) is 5.50. The Morgan fingerprint density at radius 1 is 1.38 bits per heavy atom. The molecule has 0 aliphatic carbocycles. The quantitative estimate of drug-likeness (QED) is 0.726. The summed E-state index contributed by atoms with van der Waals surface area (Å²) in [7, 11) is 0. The largest absolute Gasteiger partial charge is 0.377 e. The van der Waals surface area contributed by atoms with Crippen molar-refractivity contribution in [2.24, 2.45) is 0 Å². The van der Waals surface area contributed by atoms with Gasteiger partial charge in [0.25, 0.3) is 0 Å². The van der Waals surface area contributed by atoms with Gasteiger partial charge in [0.05, 0.1) is 6.10 Å². The summed E-state index contributed by atoms with van der Waals surface area (Å²) in [5.74, 6) is 0. The van der Waals surface area contributed by atoms with Crippen LogP contribution in [0.25, 0.3) is 0 Å². The Balaban J connectivity index is 2.45. The lowest BCUT2D eigenvalue weighted by Gasteiger charge is -2.33. The molecule has 1 aliphatic heterocycles. The molecule has 0 aromatic heterocycles. The van der Waals surface area contributed by atoms with Crippen molar-refractivity contribution in [3.63, 3.8) is 0 Å². The highest BCUT2D eigenvalue weighted by Gasteiger charge is 2.30. The molecule has 2 atom stereocenters. The van der Waals surface area contributed by atoms with Gasteiger partial charge in [0.15, 0.2) is 0 Å². The maximum absolute atomic E-state index is 5.54. The number of ether oxygens (including phenoxy) is 1. The molecule has 13 heavy (non-hydrogen) atoms. The topological polar surface area (TPSA) is 21.3 Å². The fraction of sp³-hybridized carbons (Fsp3) is 1.00. The summed E-state index contributed by atoms with van der Waals surface area (Å²) in [4.78, 5) is 0. The van der Waals surface area contributed by atoms with E-state index in [0.717, 1.165) is 13.0 Å². The lowest BCUT2D eigenvalue weighted by molar-refractivity contribution is 0.104. The minimum atomic E-state index is 0.298. The first kappa shape index (κ1) is 11.0. The highest BCUT2D eigenvalue weighted by atomic mass is 16.5. The van der Waals surface area contributed by atoms with Crippen LogP contribution in [0, 0.1) is 0 Å². The average Bonchev–Trinajstić information content (AvgIpc) is 2.52. The lowest BCUT2D eigenvalue weighted by atomic mass is 9.93. The van der Waals surface area contributed by atoms with Crippen molar-refractivity contribution < 1.29 is 4.74 Å². The smallest absolute Gasteiger partial charge is 0.0700 e. The van der Waals surface area contributed by atoms with E-state index in [9.17, 15) is 0 Å². The molecule has 1 N–H and O–H groups in total. The summed E-state index contributed by atoms with van der Waals surface area (Å²) in [5.41, 5.74) is 0.298. The van der Waals surface area contributed by atoms with E-state index < -0.39 is 0 Å². The van der Waals surface area contributed by atoms with Crippen molar-refractivity contribution in [3.8, 4) is 0 Å². The second kappa shape index (κ2) is 4.43. The Hall–Kier alpha value is -0.0800. The predicted octanol–water partition coefficient (Wildman–Crippen LogP) is 2.33. The Labute approximate surface area is 82.0 Å². The maximum atomic E-state index is 5.54. The summed E-state index contributed by atoms with van der Waals surface area (Å²) in [6.45, 7) is 9.88. The Morgan fingerprint density at radius 3 is 2.38 bits per heavy atom. The number of rotatable bonds is 4. The number of hydrogen-bond acceptors (Lipinski definition) is 2. The maximum Gasteiger partial charge on any atom is 0.0700 e. The van der Waals surface area contributed by atoms with E-state index in [-0.39, 0.29) is 0 Å². The highest BCUT2D eigenvalue weighted by Crippen LogP contribution is 2.20. The minimum absolute atomic E-state index is 0.298. The van der Waals surface area contributed by atoms with Crippen molar-refractivity contribution in [3.05, 3.63) is 0 Å². The van der Waals surface area contributed by atoms with Gasteiger partial charge in [-0.1, -0.05) is 13.8 Å². The monoisotopic (exact) mass is 185 g/mol. The van der Waals surface area contributed by atoms with Gasteiger partial charge in [-0.3, -0.25) is 0 Å². The van der Waals surface area contributed by atoms with Gasteiger partial charge < -0.3 is 10.1 Å². The molecule has 2 heteroatoms. The highest BCUT2D eigenvalue weighted by molar-refractivity contribution is 4.88. The number of nitrogens with one attached hydrogen (secondary N) is 1. The molecule has 0 bridgehead atoms. The summed E-state index contributed by atoms with van der Waals surface area (Å²) in [5, 5.41) is 3.72. The zero-order valence-electron chi connectivity index (χ0n) is 9.39. The van der Waals surface area contributed by atoms with Gasteiger partial charge in [0, 0.05) is 18.2 Å². The molecule has 0 aromatic carbocycles. The normalized spacial score (nSPS) is 29.5. The first-order chi connectivity index (χ1) is 6.11. The fourth-order valence-corrected chi connectivity index (χ4v) is 1.82. The van der Waals surface area contributed by atoms with Gasteiger partial charge in [-0.25, -0.2) is 0 Å². The Bertz CT molecular complexity index is 154. The van der Waals surface area contributed by atoms with E-state index in [1.165, 1.54) is 12.8 Å². The molecular weight excluding hydrogens is 162 g/mol. The molecule has 2 nitrogen and oxygen atoms in total. The zero-order valence-corrected chi connectivity index (χ0v) is 9.39. The van der Waals surface area contributed by atoms with Gasteiger partial charge in [-0.05, 0) is 33.1 Å². The molecule has 1 saturated heterocycles. The van der Waals surface area contributed by atoms with Crippen LogP contribution in [0.2, 0.25) is 0 Å². The third-order valence-electron chi connectivity index (χ3n) is 3.47. The third-order valence-corrected chi connectivity index (χ3v) is 3.47. The lowest BCUT2D eigenvalue weighted by Crippen LogP contribution is -2.49. The van der Waals surface area contributed by atoms with Crippen LogP contribution in [0.4, 0.5) is 0 Å². The Morgan fingerprint density at radius 2 is 2.00 bits per heavy atom. The first-order valence-electron chi connectivity index (χ1n) is 5.50. The summed E-state index contributed by atoms with van der Waals surface area (Å²) in [6.07, 6.45) is 3.92. The molecule has 0 spiro atoms. The van der Waals surface area contributed by atoms with Gasteiger partial charge in [0.2, 0.25) is 0 Å². The zero-order chi connectivity index (χ0) is 9.90. The van der Waals surface area contributed by atoms with Crippen molar-refractivity contribution in [2.45, 2.75) is 64.6 Å². The van der Waals surface area contributed by atoms with Crippen LogP contribution in [-0.4, -0.2) is 24.3 Å². The molecule has 0 saturated carbocycles. The number of hydrogen-bond donors (Lipinski definition) is 1. The van der Waals surface area contributed by atoms with Crippen molar-refractivity contribution >= 4 is 0 Å². The molecule has 0 radical (unpaired) electrons. The van der Waals surface area contributed by atoms with Crippen LogP contribution in [0.3, 0.4) is 0 Å². The van der Waals surface area contributed by atoms with Crippen molar-refractivity contribution in [1.82, 2.24) is 5.32 Å². The van der Waals surface area contributed by atoms with Crippen LogP contribution < -0.4 is 5.32 Å². The predicted molar refractivity (Wildman–Crippen MR) is 55.9 cm³/mol. The minimum Gasteiger partial charge on any atom is -0.377 e. The van der Waals surface area contributed by atoms with E-state index in [1.54, 1.807) is 0 Å². The standard InChI is InChI=1S/C11H23NO/c1-5-11(4,6-2)12-10-7-8-13-9(10)3/h9-10,12H,5-8H2,1-4H3. The third kappa shape index (κ3) is 2.68. The van der Waals surface area contributed by atoms with Crippen LogP contribution in [0.1, 0.15) is 47.0 Å². The van der Waals surface area contributed by atoms with Gasteiger partial charge >= 0.3 is 0 Å². The molecular formula is C11H23NO. The fourth-order valence-electron chi connectivity index (χ4n) is 1.82. The second-order valence-corrected chi connectivity index (χ2v) is 4.38. The summed E-state index contributed by atoms with van der Waals surface area (Å²) < 4.78 is 5.54. The van der Waals surface area contributed by atoms with E-state index >= 15 is 0 Å². The molecule has 1 rings (SSSR count). The van der Waals surface area contributed by atoms with E-state index in [0.29, 0.717) is 17.7 Å². The van der Waals surface area contributed by atoms with Gasteiger partial charge in [-0.15, -0.1) is 0 Å². The van der Waals surface area contributed by atoms with E-state index in [1.807, 2.05) is 0 Å². The van der Waals surface area contributed by atoms with Crippen LogP contribution >= 0.6 is 0 Å². The SMILES string of the molecule is CCC(C)(CC)NC1CCOC1C. The van der Waals surface area contributed by atoms with Crippen LogP contribution in [0.5, 0.6) is 0 Å². The van der Waals surface area contributed by atoms with Gasteiger partial charge in [-0.2, -0.15) is 0 Å². The average molecular weight is 185 g/mol. The van der Waals surface area contributed by atoms with E-state index in [2.05, 4.69) is 33.0 Å². The summed E-state index contributed by atoms with van der Waals surface area (Å²) >= 11 is 0. The molecule has 1 aliphatic rings. The molecule has 0 amide bonds. The summed E-state index contributed by atoms with van der Waals surface area (Å²) in [6, 6.07) is 0.560.